The third-order valence-electron chi connectivity index (χ3n) is 3.86. The highest BCUT2D eigenvalue weighted by atomic mass is 35.5. The van der Waals surface area contributed by atoms with Gasteiger partial charge < -0.3 is 10.2 Å². The SMILES string of the molecule is CC1CCC(Oc2nc(NN)c(Cl)cc2Cl)CC1C. The molecular formula is C13H19Cl2N3O. The van der Waals surface area contributed by atoms with Crippen molar-refractivity contribution in [1.29, 1.82) is 0 Å². The number of nitrogen functional groups attached to an aromatic ring is 1. The summed E-state index contributed by atoms with van der Waals surface area (Å²) in [6, 6.07) is 1.59. The summed E-state index contributed by atoms with van der Waals surface area (Å²) in [5, 5.41) is 0.792. The van der Waals surface area contributed by atoms with Crippen LogP contribution in [0.5, 0.6) is 5.88 Å². The molecule has 0 radical (unpaired) electrons. The van der Waals surface area contributed by atoms with E-state index in [-0.39, 0.29) is 6.10 Å². The number of anilines is 1. The number of pyridine rings is 1. The van der Waals surface area contributed by atoms with Crippen LogP contribution in [0, 0.1) is 11.8 Å². The molecule has 0 saturated heterocycles. The summed E-state index contributed by atoms with van der Waals surface area (Å²) in [4.78, 5) is 4.21. The molecule has 3 unspecified atom stereocenters. The number of nitrogens with one attached hydrogen (secondary N) is 1. The van der Waals surface area contributed by atoms with Gasteiger partial charge in [0.05, 0.1) is 5.02 Å². The Kier molecular flexibility index (Phi) is 4.76. The lowest BCUT2D eigenvalue weighted by Crippen LogP contribution is -2.29. The maximum Gasteiger partial charge on any atom is 0.234 e. The number of nitrogens with zero attached hydrogens (tertiary/aromatic N) is 1. The Morgan fingerprint density at radius 2 is 2.00 bits per heavy atom. The zero-order valence-electron chi connectivity index (χ0n) is 11.1. The fourth-order valence-corrected chi connectivity index (χ4v) is 2.85. The first kappa shape index (κ1) is 14.7. The van der Waals surface area contributed by atoms with Crippen LogP contribution in [-0.4, -0.2) is 11.1 Å². The largest absolute Gasteiger partial charge is 0.473 e. The van der Waals surface area contributed by atoms with E-state index in [0.29, 0.717) is 27.7 Å². The summed E-state index contributed by atoms with van der Waals surface area (Å²) in [5.74, 6) is 7.51. The zero-order valence-corrected chi connectivity index (χ0v) is 12.6. The van der Waals surface area contributed by atoms with Crippen molar-refractivity contribution in [3.8, 4) is 5.88 Å². The number of nitrogens with two attached hydrogens (primary N) is 1. The van der Waals surface area contributed by atoms with Gasteiger partial charge in [0.1, 0.15) is 11.1 Å². The molecular weight excluding hydrogens is 285 g/mol. The number of ether oxygens (including phenoxy) is 1. The maximum absolute atomic E-state index is 6.10. The van der Waals surface area contributed by atoms with Crippen molar-refractivity contribution in [3.63, 3.8) is 0 Å². The van der Waals surface area contributed by atoms with Crippen molar-refractivity contribution in [2.45, 2.75) is 39.2 Å². The van der Waals surface area contributed by atoms with Gasteiger partial charge in [0, 0.05) is 0 Å². The van der Waals surface area contributed by atoms with Gasteiger partial charge in [0.2, 0.25) is 5.88 Å². The van der Waals surface area contributed by atoms with Gasteiger partial charge in [0.25, 0.3) is 0 Å². The van der Waals surface area contributed by atoms with Gasteiger partial charge in [0.15, 0.2) is 5.82 Å². The summed E-state index contributed by atoms with van der Waals surface area (Å²) in [5.41, 5.74) is 2.43. The van der Waals surface area contributed by atoms with Crippen LogP contribution in [0.1, 0.15) is 33.1 Å². The monoisotopic (exact) mass is 303 g/mol. The van der Waals surface area contributed by atoms with Gasteiger partial charge >= 0.3 is 0 Å². The molecule has 1 aliphatic rings. The normalized spacial score (nSPS) is 27.1. The second-order valence-corrected chi connectivity index (χ2v) is 6.07. The van der Waals surface area contributed by atoms with E-state index < -0.39 is 0 Å². The molecule has 4 nitrogen and oxygen atoms in total. The zero-order chi connectivity index (χ0) is 14.0. The van der Waals surface area contributed by atoms with Crippen molar-refractivity contribution in [3.05, 3.63) is 16.1 Å². The minimum absolute atomic E-state index is 0.156. The molecule has 0 aromatic carbocycles. The molecule has 1 saturated carbocycles. The molecule has 1 aromatic heterocycles. The Balaban J connectivity index is 2.11. The van der Waals surface area contributed by atoms with E-state index in [2.05, 4.69) is 24.3 Å². The first-order valence-electron chi connectivity index (χ1n) is 6.50. The Morgan fingerprint density at radius 1 is 1.26 bits per heavy atom. The van der Waals surface area contributed by atoms with Crippen LogP contribution in [0.15, 0.2) is 6.07 Å². The van der Waals surface area contributed by atoms with Crippen LogP contribution in [-0.2, 0) is 0 Å². The summed E-state index contributed by atoms with van der Waals surface area (Å²) < 4.78 is 5.91. The number of rotatable bonds is 3. The highest BCUT2D eigenvalue weighted by Crippen LogP contribution is 2.35. The van der Waals surface area contributed by atoms with Crippen LogP contribution in [0.2, 0.25) is 10.0 Å². The van der Waals surface area contributed by atoms with Crippen molar-refractivity contribution in [2.75, 3.05) is 5.43 Å². The van der Waals surface area contributed by atoms with Crippen molar-refractivity contribution < 1.29 is 4.74 Å². The van der Waals surface area contributed by atoms with E-state index in [9.17, 15) is 0 Å². The van der Waals surface area contributed by atoms with Crippen molar-refractivity contribution in [1.82, 2.24) is 4.98 Å². The van der Waals surface area contributed by atoms with Crippen LogP contribution in [0.3, 0.4) is 0 Å². The van der Waals surface area contributed by atoms with Crippen molar-refractivity contribution in [2.24, 2.45) is 17.7 Å². The molecule has 1 heterocycles. The van der Waals surface area contributed by atoms with Gasteiger partial charge in [-0.3, -0.25) is 0 Å². The average Bonchev–Trinajstić information content (AvgIpc) is 2.37. The second-order valence-electron chi connectivity index (χ2n) is 5.26. The standard InChI is InChI=1S/C13H19Cl2N3O/c1-7-3-4-9(5-8(7)2)19-13-11(15)6-10(14)12(17-13)18-16/h6-9H,3-5,16H2,1-2H3,(H,17,18). The predicted molar refractivity (Wildman–Crippen MR) is 78.7 cm³/mol. The first-order chi connectivity index (χ1) is 9.01. The summed E-state index contributed by atoms with van der Waals surface area (Å²) in [6.45, 7) is 4.54. The Morgan fingerprint density at radius 3 is 2.63 bits per heavy atom. The highest BCUT2D eigenvalue weighted by molar-refractivity contribution is 6.36. The van der Waals surface area contributed by atoms with E-state index in [0.717, 1.165) is 18.8 Å². The quantitative estimate of drug-likeness (QED) is 0.657. The number of halogens is 2. The predicted octanol–water partition coefficient (Wildman–Crippen LogP) is 3.88. The second kappa shape index (κ2) is 6.16. The number of hydrazine groups is 1. The first-order valence-corrected chi connectivity index (χ1v) is 7.26. The van der Waals surface area contributed by atoms with Crippen LogP contribution in [0.25, 0.3) is 0 Å². The smallest absolute Gasteiger partial charge is 0.234 e. The Labute approximate surface area is 123 Å². The minimum atomic E-state index is 0.156. The molecule has 2 rings (SSSR count). The van der Waals surface area contributed by atoms with Gasteiger partial charge in [-0.15, -0.1) is 0 Å². The lowest BCUT2D eigenvalue weighted by Gasteiger charge is -2.32. The lowest BCUT2D eigenvalue weighted by molar-refractivity contribution is 0.0967. The van der Waals surface area contributed by atoms with E-state index in [1.54, 1.807) is 6.07 Å². The fourth-order valence-electron chi connectivity index (χ4n) is 2.40. The molecule has 0 spiro atoms. The molecule has 1 fully saturated rings. The summed E-state index contributed by atoms with van der Waals surface area (Å²) in [7, 11) is 0. The third kappa shape index (κ3) is 3.44. The van der Waals surface area contributed by atoms with E-state index in [1.165, 1.54) is 6.42 Å². The Hall–Kier alpha value is -0.710. The molecule has 19 heavy (non-hydrogen) atoms. The highest BCUT2D eigenvalue weighted by Gasteiger charge is 2.26. The maximum atomic E-state index is 6.10. The molecule has 1 aromatic rings. The van der Waals surface area contributed by atoms with Gasteiger partial charge in [-0.25, -0.2) is 5.84 Å². The number of aromatic nitrogens is 1. The molecule has 3 atom stereocenters. The molecule has 0 bridgehead atoms. The van der Waals surface area contributed by atoms with Gasteiger partial charge in [-0.2, -0.15) is 4.98 Å². The molecule has 6 heteroatoms. The van der Waals surface area contributed by atoms with Gasteiger partial charge in [-0.05, 0) is 37.2 Å². The third-order valence-corrected chi connectivity index (χ3v) is 4.42. The van der Waals surface area contributed by atoms with Crippen LogP contribution >= 0.6 is 23.2 Å². The summed E-state index contributed by atoms with van der Waals surface area (Å²) in [6.07, 6.45) is 3.37. The van der Waals surface area contributed by atoms with E-state index in [4.69, 9.17) is 33.8 Å². The van der Waals surface area contributed by atoms with Crippen LogP contribution < -0.4 is 16.0 Å². The molecule has 3 N–H and O–H groups in total. The Bertz CT molecular complexity index is 456. The van der Waals surface area contributed by atoms with E-state index in [1.807, 2.05) is 0 Å². The molecule has 0 amide bonds. The van der Waals surface area contributed by atoms with E-state index >= 15 is 0 Å². The van der Waals surface area contributed by atoms with Gasteiger partial charge in [-0.1, -0.05) is 37.0 Å². The van der Waals surface area contributed by atoms with Crippen LogP contribution in [0.4, 0.5) is 5.82 Å². The molecule has 1 aliphatic carbocycles. The molecule has 106 valence electrons. The average molecular weight is 304 g/mol. The molecule has 0 aliphatic heterocycles. The lowest BCUT2D eigenvalue weighted by atomic mass is 9.80. The van der Waals surface area contributed by atoms with Crippen molar-refractivity contribution >= 4 is 29.0 Å². The topological polar surface area (TPSA) is 60.2 Å². The minimum Gasteiger partial charge on any atom is -0.473 e. The summed E-state index contributed by atoms with van der Waals surface area (Å²) >= 11 is 12.0. The fraction of sp³-hybridized carbons (Fsp3) is 0.615. The number of hydrogen-bond acceptors (Lipinski definition) is 4. The number of hydrogen-bond donors (Lipinski definition) is 2.